The van der Waals surface area contributed by atoms with Crippen molar-refractivity contribution in [2.24, 2.45) is 5.92 Å². The van der Waals surface area contributed by atoms with Crippen LogP contribution in [0.5, 0.6) is 0 Å². The van der Waals surface area contributed by atoms with Gasteiger partial charge in [-0.3, -0.25) is 9.59 Å². The summed E-state index contributed by atoms with van der Waals surface area (Å²) in [6.07, 6.45) is 0.415. The molecule has 0 aromatic heterocycles. The second-order valence-corrected chi connectivity index (χ2v) is 7.65. The third kappa shape index (κ3) is 4.36. The largest absolute Gasteiger partial charge is 0.481 e. The Labute approximate surface area is 146 Å². The molecule has 8 nitrogen and oxygen atoms in total. The monoisotopic (exact) mass is 370 g/mol. The Kier molecular flexibility index (Phi) is 6.15. The maximum atomic E-state index is 12.5. The van der Waals surface area contributed by atoms with Gasteiger partial charge in [-0.15, -0.1) is 0 Å². The minimum atomic E-state index is -3.66. The van der Waals surface area contributed by atoms with Crippen LogP contribution in [0.25, 0.3) is 0 Å². The SMILES string of the molecule is COCCNS(=O)(=O)c1ccc(C(=O)N2CCC(C(=O)O)C2C)cc1. The molecule has 1 saturated heterocycles. The zero-order valence-corrected chi connectivity index (χ0v) is 15.0. The van der Waals surface area contributed by atoms with Crippen LogP contribution in [0, 0.1) is 5.92 Å². The van der Waals surface area contributed by atoms with E-state index in [0.717, 1.165) is 0 Å². The number of carbonyl (C=O) groups excluding carboxylic acids is 1. The zero-order chi connectivity index (χ0) is 18.6. The smallest absolute Gasteiger partial charge is 0.308 e. The van der Waals surface area contributed by atoms with Crippen molar-refractivity contribution in [2.75, 3.05) is 26.8 Å². The zero-order valence-electron chi connectivity index (χ0n) is 14.1. The van der Waals surface area contributed by atoms with Gasteiger partial charge in [-0.25, -0.2) is 13.1 Å². The van der Waals surface area contributed by atoms with Crippen LogP contribution in [0.4, 0.5) is 0 Å². The number of carboxylic acid groups (broad SMARTS) is 1. The molecular weight excluding hydrogens is 348 g/mol. The molecule has 0 aliphatic carbocycles. The summed E-state index contributed by atoms with van der Waals surface area (Å²) in [6.45, 7) is 2.49. The summed E-state index contributed by atoms with van der Waals surface area (Å²) in [5.41, 5.74) is 0.328. The maximum Gasteiger partial charge on any atom is 0.308 e. The van der Waals surface area contributed by atoms with Gasteiger partial charge in [0.2, 0.25) is 10.0 Å². The van der Waals surface area contributed by atoms with Crippen molar-refractivity contribution in [1.82, 2.24) is 9.62 Å². The highest BCUT2D eigenvalue weighted by Crippen LogP contribution is 2.26. The van der Waals surface area contributed by atoms with E-state index in [4.69, 9.17) is 9.84 Å². The first-order chi connectivity index (χ1) is 11.8. The molecule has 25 heavy (non-hydrogen) atoms. The Morgan fingerprint density at radius 1 is 1.32 bits per heavy atom. The van der Waals surface area contributed by atoms with Crippen molar-refractivity contribution in [2.45, 2.75) is 24.3 Å². The third-order valence-corrected chi connectivity index (χ3v) is 5.82. The number of nitrogens with one attached hydrogen (secondary N) is 1. The Morgan fingerprint density at radius 2 is 1.96 bits per heavy atom. The number of sulfonamides is 1. The van der Waals surface area contributed by atoms with E-state index in [-0.39, 0.29) is 24.0 Å². The first kappa shape index (κ1) is 19.4. The van der Waals surface area contributed by atoms with Gasteiger partial charge in [0, 0.05) is 31.8 Å². The topological polar surface area (TPSA) is 113 Å². The predicted molar refractivity (Wildman–Crippen MR) is 89.7 cm³/mol. The van der Waals surface area contributed by atoms with Crippen LogP contribution in [-0.4, -0.2) is 63.1 Å². The summed E-state index contributed by atoms with van der Waals surface area (Å²) >= 11 is 0. The van der Waals surface area contributed by atoms with Gasteiger partial charge in [0.1, 0.15) is 0 Å². The van der Waals surface area contributed by atoms with E-state index in [2.05, 4.69) is 4.72 Å². The molecule has 1 amide bonds. The molecule has 2 N–H and O–H groups in total. The van der Waals surface area contributed by atoms with E-state index in [9.17, 15) is 18.0 Å². The number of methoxy groups -OCH3 is 1. The summed E-state index contributed by atoms with van der Waals surface area (Å²) in [5, 5.41) is 9.15. The van der Waals surface area contributed by atoms with Crippen LogP contribution in [0.2, 0.25) is 0 Å². The van der Waals surface area contributed by atoms with Gasteiger partial charge in [-0.1, -0.05) is 0 Å². The van der Waals surface area contributed by atoms with E-state index >= 15 is 0 Å². The Bertz CT molecular complexity index is 731. The highest BCUT2D eigenvalue weighted by molar-refractivity contribution is 7.89. The van der Waals surface area contributed by atoms with E-state index in [1.54, 1.807) is 6.92 Å². The molecule has 1 aromatic rings. The van der Waals surface area contributed by atoms with E-state index < -0.39 is 28.0 Å². The molecule has 2 rings (SSSR count). The van der Waals surface area contributed by atoms with E-state index in [1.165, 1.54) is 36.3 Å². The van der Waals surface area contributed by atoms with Crippen LogP contribution in [0.15, 0.2) is 29.2 Å². The summed E-state index contributed by atoms with van der Waals surface area (Å²) in [5.74, 6) is -1.78. The first-order valence-corrected chi connectivity index (χ1v) is 9.38. The quantitative estimate of drug-likeness (QED) is 0.678. The lowest BCUT2D eigenvalue weighted by Crippen LogP contribution is -2.37. The lowest BCUT2D eigenvalue weighted by atomic mass is 10.0. The fourth-order valence-corrected chi connectivity index (χ4v) is 3.87. The van der Waals surface area contributed by atoms with Crippen LogP contribution in [-0.2, 0) is 19.6 Å². The standard InChI is InChI=1S/C16H22N2O6S/c1-11-14(16(20)21)7-9-18(11)15(19)12-3-5-13(6-4-12)25(22,23)17-8-10-24-2/h3-6,11,14,17H,7-10H2,1-2H3,(H,20,21). The summed E-state index contributed by atoms with van der Waals surface area (Å²) < 4.78 is 31.4. The van der Waals surface area contributed by atoms with Crippen LogP contribution in [0.1, 0.15) is 23.7 Å². The van der Waals surface area contributed by atoms with Gasteiger partial charge in [0.15, 0.2) is 0 Å². The van der Waals surface area contributed by atoms with Crippen molar-refractivity contribution < 1.29 is 27.9 Å². The molecule has 1 aliphatic rings. The van der Waals surface area contributed by atoms with Crippen molar-refractivity contribution in [1.29, 1.82) is 0 Å². The predicted octanol–water partition coefficient (Wildman–Crippen LogP) is 0.547. The van der Waals surface area contributed by atoms with Crippen LogP contribution < -0.4 is 4.72 Å². The number of ether oxygens (including phenoxy) is 1. The Morgan fingerprint density at radius 3 is 2.48 bits per heavy atom. The molecule has 1 fully saturated rings. The molecule has 1 aromatic carbocycles. The highest BCUT2D eigenvalue weighted by Gasteiger charge is 2.38. The molecule has 1 heterocycles. The summed E-state index contributed by atoms with van der Waals surface area (Å²) in [6, 6.07) is 5.20. The second-order valence-electron chi connectivity index (χ2n) is 5.89. The van der Waals surface area contributed by atoms with Crippen molar-refractivity contribution in [3.63, 3.8) is 0 Å². The van der Waals surface area contributed by atoms with Gasteiger partial charge in [-0.2, -0.15) is 0 Å². The number of benzene rings is 1. The van der Waals surface area contributed by atoms with E-state index in [1.807, 2.05) is 0 Å². The Hall–Kier alpha value is -1.97. The molecule has 9 heteroatoms. The Balaban J connectivity index is 2.09. The molecule has 0 saturated carbocycles. The number of rotatable bonds is 7. The van der Waals surface area contributed by atoms with Crippen LogP contribution in [0.3, 0.4) is 0 Å². The van der Waals surface area contributed by atoms with Gasteiger partial charge in [0.25, 0.3) is 5.91 Å². The minimum Gasteiger partial charge on any atom is -0.481 e. The van der Waals surface area contributed by atoms with Gasteiger partial charge >= 0.3 is 5.97 Å². The lowest BCUT2D eigenvalue weighted by molar-refractivity contribution is -0.142. The number of carbonyl (C=O) groups is 2. The summed E-state index contributed by atoms with van der Waals surface area (Å²) in [7, 11) is -2.18. The number of carboxylic acids is 1. The fourth-order valence-electron chi connectivity index (χ4n) is 2.86. The summed E-state index contributed by atoms with van der Waals surface area (Å²) in [4.78, 5) is 25.3. The molecule has 0 bridgehead atoms. The fraction of sp³-hybridized carbons (Fsp3) is 0.500. The molecule has 138 valence electrons. The molecule has 0 spiro atoms. The number of nitrogens with zero attached hydrogens (tertiary/aromatic N) is 1. The third-order valence-electron chi connectivity index (χ3n) is 4.34. The highest BCUT2D eigenvalue weighted by atomic mass is 32.2. The number of aliphatic carboxylic acids is 1. The molecule has 1 aliphatic heterocycles. The average Bonchev–Trinajstić information content (AvgIpc) is 2.96. The van der Waals surface area contributed by atoms with Gasteiger partial charge in [-0.05, 0) is 37.6 Å². The van der Waals surface area contributed by atoms with Crippen LogP contribution >= 0.6 is 0 Å². The second kappa shape index (κ2) is 7.94. The van der Waals surface area contributed by atoms with Crippen molar-refractivity contribution in [3.8, 4) is 0 Å². The number of hydrogen-bond acceptors (Lipinski definition) is 5. The van der Waals surface area contributed by atoms with Gasteiger partial charge in [0.05, 0.1) is 17.4 Å². The maximum absolute atomic E-state index is 12.5. The molecule has 0 radical (unpaired) electrons. The molecule has 2 atom stereocenters. The minimum absolute atomic E-state index is 0.0537. The lowest BCUT2D eigenvalue weighted by Gasteiger charge is -2.23. The van der Waals surface area contributed by atoms with Gasteiger partial charge < -0.3 is 14.7 Å². The number of amides is 1. The normalized spacial score (nSPS) is 20.6. The number of hydrogen-bond donors (Lipinski definition) is 2. The van der Waals surface area contributed by atoms with Crippen molar-refractivity contribution >= 4 is 21.9 Å². The average molecular weight is 370 g/mol. The van der Waals surface area contributed by atoms with Crippen molar-refractivity contribution in [3.05, 3.63) is 29.8 Å². The van der Waals surface area contributed by atoms with E-state index in [0.29, 0.717) is 18.5 Å². The molecular formula is C16H22N2O6S. The first-order valence-electron chi connectivity index (χ1n) is 7.90. The number of likely N-dealkylation sites (tertiary alicyclic amines) is 1. The molecule has 2 unspecified atom stereocenters.